The maximum atomic E-state index is 12.7. The Balaban J connectivity index is 1.69. The molecule has 2 N–H and O–H groups in total. The lowest BCUT2D eigenvalue weighted by molar-refractivity contribution is 0.249. The van der Waals surface area contributed by atoms with Gasteiger partial charge in [-0.05, 0) is 56.1 Å². The van der Waals surface area contributed by atoms with Crippen molar-refractivity contribution >= 4 is 11.7 Å². The highest BCUT2D eigenvalue weighted by Gasteiger charge is 2.21. The quantitative estimate of drug-likeness (QED) is 0.870. The monoisotopic (exact) mass is 279 g/mol. The molecule has 4 nitrogen and oxygen atoms in total. The molecular weight excluding hydrogens is 257 g/mol. The molecule has 2 amide bonds. The van der Waals surface area contributed by atoms with E-state index in [4.69, 9.17) is 0 Å². The number of hydrogen-bond acceptors (Lipinski definition) is 2. The van der Waals surface area contributed by atoms with Gasteiger partial charge in [-0.1, -0.05) is 6.92 Å². The van der Waals surface area contributed by atoms with E-state index in [9.17, 15) is 9.18 Å². The molecule has 1 aromatic rings. The molecule has 1 fully saturated rings. The first-order chi connectivity index (χ1) is 9.67. The van der Waals surface area contributed by atoms with Crippen molar-refractivity contribution in [3.05, 3.63) is 30.1 Å². The summed E-state index contributed by atoms with van der Waals surface area (Å²) in [5.74, 6) is 0.221. The number of nitrogens with one attached hydrogen (secondary N) is 2. The van der Waals surface area contributed by atoms with Crippen LogP contribution in [0, 0.1) is 11.7 Å². The second kappa shape index (κ2) is 7.24. The number of carbonyl (C=O) groups excluding carboxylic acids is 1. The van der Waals surface area contributed by atoms with Gasteiger partial charge in [0.2, 0.25) is 0 Å². The molecule has 0 radical (unpaired) electrons. The number of halogens is 1. The zero-order valence-corrected chi connectivity index (χ0v) is 11.9. The van der Waals surface area contributed by atoms with Crippen molar-refractivity contribution in [2.24, 2.45) is 5.92 Å². The second-order valence-electron chi connectivity index (χ2n) is 5.30. The van der Waals surface area contributed by atoms with E-state index in [2.05, 4.69) is 22.5 Å². The van der Waals surface area contributed by atoms with Gasteiger partial charge >= 0.3 is 6.03 Å². The Morgan fingerprint density at radius 3 is 2.85 bits per heavy atom. The maximum absolute atomic E-state index is 12.7. The van der Waals surface area contributed by atoms with Gasteiger partial charge in [0.25, 0.3) is 0 Å². The van der Waals surface area contributed by atoms with Crippen molar-refractivity contribution in [1.82, 2.24) is 10.2 Å². The number of benzene rings is 1. The summed E-state index contributed by atoms with van der Waals surface area (Å²) in [5, 5.41) is 5.58. The zero-order valence-electron chi connectivity index (χ0n) is 11.9. The van der Waals surface area contributed by atoms with Crippen molar-refractivity contribution in [3.8, 4) is 0 Å². The molecule has 0 aliphatic carbocycles. The summed E-state index contributed by atoms with van der Waals surface area (Å²) in [6.45, 7) is 6.19. The minimum Gasteiger partial charge on any atom is -0.338 e. The number of urea groups is 1. The van der Waals surface area contributed by atoms with Crippen LogP contribution in [0.2, 0.25) is 0 Å². The van der Waals surface area contributed by atoms with Crippen LogP contribution in [-0.2, 0) is 0 Å². The van der Waals surface area contributed by atoms with Gasteiger partial charge in [0.1, 0.15) is 5.82 Å². The van der Waals surface area contributed by atoms with Crippen LogP contribution in [-0.4, -0.2) is 37.1 Å². The largest absolute Gasteiger partial charge is 0.338 e. The fraction of sp³-hybridized carbons (Fsp3) is 0.533. The summed E-state index contributed by atoms with van der Waals surface area (Å²) in [6.07, 6.45) is 2.31. The second-order valence-corrected chi connectivity index (χ2v) is 5.30. The van der Waals surface area contributed by atoms with Gasteiger partial charge in [-0.2, -0.15) is 0 Å². The lowest BCUT2D eigenvalue weighted by Gasteiger charge is -2.15. The van der Waals surface area contributed by atoms with Gasteiger partial charge in [-0.25, -0.2) is 9.18 Å². The summed E-state index contributed by atoms with van der Waals surface area (Å²) in [6, 6.07) is 5.52. The Labute approximate surface area is 119 Å². The van der Waals surface area contributed by atoms with Crippen LogP contribution in [0.4, 0.5) is 14.9 Å². The van der Waals surface area contributed by atoms with Crippen molar-refractivity contribution in [1.29, 1.82) is 0 Å². The number of carbonyl (C=O) groups is 1. The van der Waals surface area contributed by atoms with Crippen molar-refractivity contribution in [3.63, 3.8) is 0 Å². The van der Waals surface area contributed by atoms with Gasteiger partial charge in [-0.15, -0.1) is 0 Å². The van der Waals surface area contributed by atoms with E-state index in [0.717, 1.165) is 26.1 Å². The number of rotatable bonds is 5. The van der Waals surface area contributed by atoms with Gasteiger partial charge in [0.05, 0.1) is 0 Å². The minimum atomic E-state index is -0.307. The van der Waals surface area contributed by atoms with Crippen LogP contribution < -0.4 is 10.6 Å². The van der Waals surface area contributed by atoms with E-state index in [1.807, 2.05) is 0 Å². The lowest BCUT2D eigenvalue weighted by atomic mass is 10.1. The van der Waals surface area contributed by atoms with Crippen LogP contribution >= 0.6 is 0 Å². The Kier molecular flexibility index (Phi) is 5.35. The highest BCUT2D eigenvalue weighted by atomic mass is 19.1. The third kappa shape index (κ3) is 4.49. The summed E-state index contributed by atoms with van der Waals surface area (Å²) >= 11 is 0. The molecule has 110 valence electrons. The van der Waals surface area contributed by atoms with Gasteiger partial charge in [0.15, 0.2) is 0 Å². The highest BCUT2D eigenvalue weighted by Crippen LogP contribution is 2.15. The molecule has 0 aromatic heterocycles. The van der Waals surface area contributed by atoms with Crippen LogP contribution in [0.15, 0.2) is 24.3 Å². The SMILES string of the molecule is CCCN1CC[C@@H](CNC(=O)Nc2ccc(F)cc2)C1. The van der Waals surface area contributed by atoms with Crippen LogP contribution in [0.3, 0.4) is 0 Å². The average Bonchev–Trinajstić information content (AvgIpc) is 2.87. The molecule has 1 aliphatic rings. The molecule has 1 saturated heterocycles. The first kappa shape index (κ1) is 14.8. The maximum Gasteiger partial charge on any atom is 0.319 e. The first-order valence-electron chi connectivity index (χ1n) is 7.20. The molecule has 1 aromatic carbocycles. The molecule has 5 heteroatoms. The Morgan fingerprint density at radius 1 is 1.40 bits per heavy atom. The lowest BCUT2D eigenvalue weighted by Crippen LogP contribution is -2.34. The van der Waals surface area contributed by atoms with Crippen molar-refractivity contribution < 1.29 is 9.18 Å². The molecular formula is C15H22FN3O. The van der Waals surface area contributed by atoms with Crippen molar-refractivity contribution in [2.45, 2.75) is 19.8 Å². The van der Waals surface area contributed by atoms with Gasteiger partial charge in [-0.3, -0.25) is 0 Å². The fourth-order valence-electron chi connectivity index (χ4n) is 2.54. The van der Waals surface area contributed by atoms with E-state index in [1.165, 1.54) is 18.6 Å². The third-order valence-electron chi connectivity index (χ3n) is 3.56. The standard InChI is InChI=1S/C15H22FN3O/c1-2-8-19-9-7-12(11-19)10-17-15(20)18-14-5-3-13(16)4-6-14/h3-6,12H,2,7-11H2,1H3,(H2,17,18,20)/t12-/m0/s1. The van der Waals surface area contributed by atoms with E-state index < -0.39 is 0 Å². The number of nitrogens with zero attached hydrogens (tertiary/aromatic N) is 1. The summed E-state index contributed by atoms with van der Waals surface area (Å²) in [5.41, 5.74) is 0.600. The fourth-order valence-corrected chi connectivity index (χ4v) is 2.54. The highest BCUT2D eigenvalue weighted by molar-refractivity contribution is 5.89. The Hall–Kier alpha value is -1.62. The molecule has 0 unspecified atom stereocenters. The molecule has 0 spiro atoms. The summed E-state index contributed by atoms with van der Waals surface area (Å²) in [4.78, 5) is 14.2. The minimum absolute atomic E-state index is 0.231. The zero-order chi connectivity index (χ0) is 14.4. The van der Waals surface area contributed by atoms with E-state index in [1.54, 1.807) is 12.1 Å². The van der Waals surface area contributed by atoms with Gasteiger partial charge < -0.3 is 15.5 Å². The number of amides is 2. The summed E-state index contributed by atoms with van der Waals surface area (Å²) < 4.78 is 12.7. The summed E-state index contributed by atoms with van der Waals surface area (Å²) in [7, 11) is 0. The molecule has 1 heterocycles. The predicted molar refractivity (Wildman–Crippen MR) is 78.3 cm³/mol. The molecule has 0 bridgehead atoms. The molecule has 20 heavy (non-hydrogen) atoms. The normalized spacial score (nSPS) is 19.0. The molecule has 0 saturated carbocycles. The van der Waals surface area contributed by atoms with Crippen LogP contribution in [0.5, 0.6) is 0 Å². The Morgan fingerprint density at radius 2 is 2.15 bits per heavy atom. The number of likely N-dealkylation sites (tertiary alicyclic amines) is 1. The van der Waals surface area contributed by atoms with E-state index in [0.29, 0.717) is 18.2 Å². The number of hydrogen-bond donors (Lipinski definition) is 2. The third-order valence-corrected chi connectivity index (χ3v) is 3.56. The van der Waals surface area contributed by atoms with Crippen molar-refractivity contribution in [2.75, 3.05) is 31.5 Å². The van der Waals surface area contributed by atoms with E-state index >= 15 is 0 Å². The van der Waals surface area contributed by atoms with Gasteiger partial charge in [0, 0.05) is 18.8 Å². The average molecular weight is 279 g/mol. The topological polar surface area (TPSA) is 44.4 Å². The smallest absolute Gasteiger partial charge is 0.319 e. The predicted octanol–water partition coefficient (Wildman–Crippen LogP) is 2.68. The molecule has 1 atom stereocenters. The first-order valence-corrected chi connectivity index (χ1v) is 7.20. The van der Waals surface area contributed by atoms with Crippen LogP contribution in [0.1, 0.15) is 19.8 Å². The molecule has 1 aliphatic heterocycles. The Bertz CT molecular complexity index is 435. The van der Waals surface area contributed by atoms with E-state index in [-0.39, 0.29) is 11.8 Å². The molecule has 2 rings (SSSR count). The van der Waals surface area contributed by atoms with Crippen LogP contribution in [0.25, 0.3) is 0 Å². The number of anilines is 1.